The predicted molar refractivity (Wildman–Crippen MR) is 126 cm³/mol. The van der Waals surface area contributed by atoms with Crippen molar-refractivity contribution >= 4 is 36.0 Å². The Morgan fingerprint density at radius 3 is 2.45 bits per heavy atom. The molecule has 1 amide bonds. The number of carbonyl (C=O) groups is 1. The second-order valence-electron chi connectivity index (χ2n) is 7.32. The molecule has 1 heterocycles. The molecule has 2 aromatic rings. The number of nitrogens with one attached hydrogen (secondary N) is 3. The summed E-state index contributed by atoms with van der Waals surface area (Å²) in [5, 5.41) is 9.42. The van der Waals surface area contributed by atoms with Gasteiger partial charge < -0.3 is 25.1 Å². The van der Waals surface area contributed by atoms with E-state index in [-0.39, 0.29) is 30.0 Å². The number of furan rings is 1. The highest BCUT2D eigenvalue weighted by Gasteiger charge is 2.20. The van der Waals surface area contributed by atoms with Gasteiger partial charge >= 0.3 is 6.09 Å². The summed E-state index contributed by atoms with van der Waals surface area (Å²) in [4.78, 5) is 16.5. The summed E-state index contributed by atoms with van der Waals surface area (Å²) in [5.74, 6) is 1.56. The van der Waals surface area contributed by atoms with Crippen LogP contribution >= 0.6 is 24.0 Å². The van der Waals surface area contributed by atoms with E-state index in [1.54, 1.807) is 13.3 Å². The zero-order chi connectivity index (χ0) is 20.4. The molecule has 0 radical (unpaired) electrons. The molecule has 1 aromatic carbocycles. The first kappa shape index (κ1) is 24.8. The van der Waals surface area contributed by atoms with Gasteiger partial charge in [-0.15, -0.1) is 24.0 Å². The number of hydrogen-bond acceptors (Lipinski definition) is 4. The fourth-order valence-electron chi connectivity index (χ4n) is 2.57. The number of rotatable bonds is 7. The molecule has 160 valence electrons. The van der Waals surface area contributed by atoms with Crippen LogP contribution in [-0.2, 0) is 11.2 Å². The Morgan fingerprint density at radius 2 is 1.86 bits per heavy atom. The maximum Gasteiger partial charge on any atom is 0.408 e. The smallest absolute Gasteiger partial charge is 0.408 e. The van der Waals surface area contributed by atoms with Crippen LogP contribution in [0.2, 0.25) is 0 Å². The molecule has 3 N–H and O–H groups in total. The molecule has 1 atom stereocenters. The monoisotopic (exact) mass is 514 g/mol. The highest BCUT2D eigenvalue weighted by Crippen LogP contribution is 2.14. The number of hydrogen-bond donors (Lipinski definition) is 3. The van der Waals surface area contributed by atoms with E-state index in [0.717, 1.165) is 17.7 Å². The Kier molecular flexibility index (Phi) is 10.6. The maximum absolute atomic E-state index is 12.2. The molecule has 0 saturated heterocycles. The Bertz CT molecular complexity index is 743. The third kappa shape index (κ3) is 9.69. The van der Waals surface area contributed by atoms with E-state index in [0.29, 0.717) is 19.0 Å². The summed E-state index contributed by atoms with van der Waals surface area (Å²) in [6, 6.07) is 13.3. The minimum atomic E-state index is -0.553. The second kappa shape index (κ2) is 12.4. The summed E-state index contributed by atoms with van der Waals surface area (Å²) < 4.78 is 10.7. The lowest BCUT2D eigenvalue weighted by atomic mass is 10.1. The Morgan fingerprint density at radius 1 is 1.14 bits per heavy atom. The summed E-state index contributed by atoms with van der Waals surface area (Å²) in [6.07, 6.45) is 1.96. The summed E-state index contributed by atoms with van der Waals surface area (Å²) in [5.41, 5.74) is 0.425. The van der Waals surface area contributed by atoms with E-state index < -0.39 is 11.7 Å². The van der Waals surface area contributed by atoms with Gasteiger partial charge in [-0.1, -0.05) is 30.3 Å². The Balaban J connectivity index is 0.00000420. The Hall–Kier alpha value is -2.23. The third-order valence-electron chi connectivity index (χ3n) is 3.83. The number of amides is 1. The molecule has 7 nitrogen and oxygen atoms in total. The van der Waals surface area contributed by atoms with Crippen LogP contribution in [-0.4, -0.2) is 37.8 Å². The average Bonchev–Trinajstić information content (AvgIpc) is 3.16. The lowest BCUT2D eigenvalue weighted by molar-refractivity contribution is 0.0504. The van der Waals surface area contributed by atoms with Gasteiger partial charge in [-0.2, -0.15) is 0 Å². The third-order valence-corrected chi connectivity index (χ3v) is 3.83. The molecular formula is C21H31IN4O3. The van der Waals surface area contributed by atoms with Crippen LogP contribution in [0, 0.1) is 0 Å². The number of aliphatic imine (C=N–C) groups is 1. The predicted octanol–water partition coefficient (Wildman–Crippen LogP) is 3.87. The largest absolute Gasteiger partial charge is 0.469 e. The molecule has 2 rings (SSSR count). The molecule has 1 unspecified atom stereocenters. The number of carbonyl (C=O) groups excluding carboxylic acids is 1. The van der Waals surface area contributed by atoms with E-state index in [2.05, 4.69) is 20.9 Å². The molecule has 1 aromatic heterocycles. The van der Waals surface area contributed by atoms with Gasteiger partial charge in [-0.25, -0.2) is 4.79 Å². The fourth-order valence-corrected chi connectivity index (χ4v) is 2.57. The molecule has 0 saturated carbocycles. The van der Waals surface area contributed by atoms with Gasteiger partial charge in [0, 0.05) is 26.6 Å². The van der Waals surface area contributed by atoms with Crippen molar-refractivity contribution in [2.45, 2.75) is 38.8 Å². The van der Waals surface area contributed by atoms with Gasteiger partial charge in [-0.05, 0) is 38.5 Å². The van der Waals surface area contributed by atoms with Crippen LogP contribution < -0.4 is 16.0 Å². The average molecular weight is 514 g/mol. The topological polar surface area (TPSA) is 87.9 Å². The first-order valence-corrected chi connectivity index (χ1v) is 9.39. The quantitative estimate of drug-likeness (QED) is 0.297. The molecular weight excluding hydrogens is 483 g/mol. The van der Waals surface area contributed by atoms with Crippen molar-refractivity contribution in [3.05, 3.63) is 60.1 Å². The number of nitrogens with zero attached hydrogens (tertiary/aromatic N) is 1. The molecule has 29 heavy (non-hydrogen) atoms. The summed E-state index contributed by atoms with van der Waals surface area (Å²) in [7, 11) is 1.71. The molecule has 0 fully saturated rings. The van der Waals surface area contributed by atoms with Crippen molar-refractivity contribution in [2.24, 2.45) is 4.99 Å². The number of guanidine groups is 1. The first-order valence-electron chi connectivity index (χ1n) is 9.39. The zero-order valence-corrected chi connectivity index (χ0v) is 19.7. The van der Waals surface area contributed by atoms with E-state index in [1.165, 1.54) is 0 Å². The van der Waals surface area contributed by atoms with Crippen molar-refractivity contribution < 1.29 is 13.9 Å². The van der Waals surface area contributed by atoms with Gasteiger partial charge in [-0.3, -0.25) is 4.99 Å². The normalized spacial score (nSPS) is 12.5. The Labute approximate surface area is 189 Å². The van der Waals surface area contributed by atoms with Crippen LogP contribution in [0.4, 0.5) is 4.79 Å². The summed E-state index contributed by atoms with van der Waals surface area (Å²) in [6.45, 7) is 6.67. The van der Waals surface area contributed by atoms with Crippen molar-refractivity contribution in [1.82, 2.24) is 16.0 Å². The fraction of sp³-hybridized carbons (Fsp3) is 0.429. The van der Waals surface area contributed by atoms with Crippen LogP contribution in [0.15, 0.2) is 58.1 Å². The van der Waals surface area contributed by atoms with Gasteiger partial charge in [0.2, 0.25) is 0 Å². The van der Waals surface area contributed by atoms with E-state index in [9.17, 15) is 4.79 Å². The molecule has 8 heteroatoms. The van der Waals surface area contributed by atoms with Crippen LogP contribution in [0.1, 0.15) is 38.1 Å². The molecule has 0 aliphatic carbocycles. The van der Waals surface area contributed by atoms with E-state index >= 15 is 0 Å². The highest BCUT2D eigenvalue weighted by molar-refractivity contribution is 14.0. The van der Waals surface area contributed by atoms with Crippen LogP contribution in [0.5, 0.6) is 0 Å². The molecule has 0 aliphatic rings. The number of benzene rings is 1. The number of alkyl carbamates (subject to hydrolysis) is 1. The lowest BCUT2D eigenvalue weighted by Gasteiger charge is -2.24. The molecule has 0 aliphatic heterocycles. The molecule has 0 spiro atoms. The van der Waals surface area contributed by atoms with Crippen molar-refractivity contribution in [3.63, 3.8) is 0 Å². The zero-order valence-electron chi connectivity index (χ0n) is 17.4. The minimum absolute atomic E-state index is 0. The van der Waals surface area contributed by atoms with Gasteiger partial charge in [0.15, 0.2) is 5.96 Å². The van der Waals surface area contributed by atoms with Crippen LogP contribution in [0.25, 0.3) is 0 Å². The van der Waals surface area contributed by atoms with Crippen molar-refractivity contribution in [2.75, 3.05) is 20.1 Å². The first-order chi connectivity index (χ1) is 13.4. The van der Waals surface area contributed by atoms with E-state index in [4.69, 9.17) is 9.15 Å². The summed E-state index contributed by atoms with van der Waals surface area (Å²) >= 11 is 0. The minimum Gasteiger partial charge on any atom is -0.469 e. The van der Waals surface area contributed by atoms with Gasteiger partial charge in [0.1, 0.15) is 11.4 Å². The lowest BCUT2D eigenvalue weighted by Crippen LogP contribution is -2.44. The van der Waals surface area contributed by atoms with Crippen LogP contribution in [0.3, 0.4) is 0 Å². The highest BCUT2D eigenvalue weighted by atomic mass is 127. The van der Waals surface area contributed by atoms with E-state index in [1.807, 2.05) is 63.2 Å². The molecule has 0 bridgehead atoms. The maximum atomic E-state index is 12.2. The standard InChI is InChI=1S/C21H30N4O3.HI/c1-21(2,3)28-20(26)25-18(16-9-6-5-7-10-16)15-24-19(22-4)23-13-12-17-11-8-14-27-17;/h5-11,14,18H,12-13,15H2,1-4H3,(H,25,26)(H2,22,23,24);1H. The number of halogens is 1. The van der Waals surface area contributed by atoms with Gasteiger partial charge in [0.25, 0.3) is 0 Å². The van der Waals surface area contributed by atoms with Crippen molar-refractivity contribution in [3.8, 4) is 0 Å². The second-order valence-corrected chi connectivity index (χ2v) is 7.32. The number of ether oxygens (including phenoxy) is 1. The van der Waals surface area contributed by atoms with Crippen molar-refractivity contribution in [1.29, 1.82) is 0 Å². The van der Waals surface area contributed by atoms with Gasteiger partial charge in [0.05, 0.1) is 12.3 Å². The SMILES string of the molecule is CN=C(NCCc1ccco1)NCC(NC(=O)OC(C)(C)C)c1ccccc1.I.